The van der Waals surface area contributed by atoms with Crippen molar-refractivity contribution in [2.45, 2.75) is 38.3 Å². The summed E-state index contributed by atoms with van der Waals surface area (Å²) in [5.41, 5.74) is 2.23. The molecule has 1 amide bonds. The van der Waals surface area contributed by atoms with Crippen LogP contribution in [0.4, 0.5) is 0 Å². The maximum atomic E-state index is 12.5. The van der Waals surface area contributed by atoms with Crippen molar-refractivity contribution in [1.82, 2.24) is 24.8 Å². The monoisotopic (exact) mass is 339 g/mol. The molecule has 0 saturated carbocycles. The highest BCUT2D eigenvalue weighted by Gasteiger charge is 2.38. The van der Waals surface area contributed by atoms with Crippen molar-refractivity contribution in [3.8, 4) is 0 Å². The van der Waals surface area contributed by atoms with Gasteiger partial charge in [0.25, 0.3) is 0 Å². The van der Waals surface area contributed by atoms with Gasteiger partial charge in [-0.3, -0.25) is 14.7 Å². The van der Waals surface area contributed by atoms with E-state index in [-0.39, 0.29) is 0 Å². The van der Waals surface area contributed by atoms with Crippen LogP contribution < -0.4 is 0 Å². The molecule has 2 atom stereocenters. The molecule has 2 saturated heterocycles. The summed E-state index contributed by atoms with van der Waals surface area (Å²) in [6, 6.07) is 6.49. The lowest BCUT2D eigenvalue weighted by atomic mass is 9.83. The lowest BCUT2D eigenvalue weighted by Crippen LogP contribution is -2.56. The highest BCUT2D eigenvalue weighted by molar-refractivity contribution is 5.77. The second-order valence-corrected chi connectivity index (χ2v) is 7.12. The number of fused-ring (bicyclic) bond motifs is 1. The third-order valence-electron chi connectivity index (χ3n) is 5.52. The highest BCUT2D eigenvalue weighted by atomic mass is 16.2. The summed E-state index contributed by atoms with van der Waals surface area (Å²) in [7, 11) is 0. The minimum atomic E-state index is 0.318. The molecule has 0 aromatic carbocycles. The fraction of sp³-hybridized carbons (Fsp3) is 0.526. The van der Waals surface area contributed by atoms with Gasteiger partial charge >= 0.3 is 0 Å². The number of piperidine rings is 2. The molecule has 25 heavy (non-hydrogen) atoms. The molecule has 0 bridgehead atoms. The van der Waals surface area contributed by atoms with Crippen LogP contribution in [0, 0.1) is 5.92 Å². The Labute approximate surface area is 148 Å². The van der Waals surface area contributed by atoms with Gasteiger partial charge in [0.05, 0.1) is 12.0 Å². The maximum absolute atomic E-state index is 12.5. The van der Waals surface area contributed by atoms with E-state index in [4.69, 9.17) is 0 Å². The van der Waals surface area contributed by atoms with Crippen molar-refractivity contribution >= 4 is 5.91 Å². The predicted octanol–water partition coefficient (Wildman–Crippen LogP) is 1.86. The number of imidazole rings is 1. The van der Waals surface area contributed by atoms with Crippen LogP contribution in [0.25, 0.3) is 0 Å². The average molecular weight is 339 g/mol. The summed E-state index contributed by atoms with van der Waals surface area (Å²) >= 11 is 0. The Hall–Kier alpha value is -2.21. The first-order valence-electron chi connectivity index (χ1n) is 9.18. The van der Waals surface area contributed by atoms with Crippen molar-refractivity contribution in [1.29, 1.82) is 0 Å². The Balaban J connectivity index is 1.37. The zero-order chi connectivity index (χ0) is 17.1. The lowest BCUT2D eigenvalue weighted by molar-refractivity contribution is -0.141. The molecular weight excluding hydrogens is 314 g/mol. The number of nitrogens with zero attached hydrogens (tertiary/aromatic N) is 4. The van der Waals surface area contributed by atoms with E-state index in [1.807, 2.05) is 24.5 Å². The number of rotatable bonds is 5. The molecule has 2 aromatic rings. The Morgan fingerprint density at radius 2 is 2.24 bits per heavy atom. The number of carbonyl (C=O) groups excluding carboxylic acids is 1. The number of amides is 1. The van der Waals surface area contributed by atoms with E-state index in [0.29, 0.717) is 24.3 Å². The van der Waals surface area contributed by atoms with Crippen LogP contribution in [0.15, 0.2) is 36.9 Å². The van der Waals surface area contributed by atoms with Crippen LogP contribution in [0.5, 0.6) is 0 Å². The first-order chi connectivity index (χ1) is 12.3. The molecule has 2 aliphatic heterocycles. The molecule has 0 unspecified atom stereocenters. The molecule has 2 fully saturated rings. The van der Waals surface area contributed by atoms with Crippen molar-refractivity contribution in [2.24, 2.45) is 5.92 Å². The summed E-state index contributed by atoms with van der Waals surface area (Å²) in [6.45, 7) is 3.80. The zero-order valence-corrected chi connectivity index (χ0v) is 14.5. The smallest absolute Gasteiger partial charge is 0.222 e. The molecule has 2 aliphatic rings. The first kappa shape index (κ1) is 16.3. The molecule has 2 aromatic heterocycles. The largest absolute Gasteiger partial charge is 0.348 e. The molecule has 4 heterocycles. The van der Waals surface area contributed by atoms with Gasteiger partial charge in [0.2, 0.25) is 5.91 Å². The molecule has 0 radical (unpaired) electrons. The standard InChI is InChI=1S/C19H25N5O/c25-19-5-4-15-12-23(13-17-3-1-2-8-21-17)9-7-18(15)24(19)10-6-16-11-20-14-22-16/h1-3,8,11,14-15,18H,4-7,9-10,12-13H2,(H,20,22)/t15-,18+/m1/s1. The SMILES string of the molecule is O=C1CC[C@@H]2CN(Cc3ccccn3)CC[C@@H]2N1CCc1cnc[nH]1. The predicted molar refractivity (Wildman–Crippen MR) is 94.6 cm³/mol. The molecule has 6 heteroatoms. The van der Waals surface area contributed by atoms with Crippen LogP contribution in [-0.2, 0) is 17.8 Å². The minimum absolute atomic E-state index is 0.318. The van der Waals surface area contributed by atoms with Gasteiger partial charge in [-0.2, -0.15) is 0 Å². The van der Waals surface area contributed by atoms with Gasteiger partial charge < -0.3 is 9.88 Å². The lowest BCUT2D eigenvalue weighted by Gasteiger charge is -2.47. The minimum Gasteiger partial charge on any atom is -0.348 e. The van der Waals surface area contributed by atoms with Crippen molar-refractivity contribution < 1.29 is 4.79 Å². The van der Waals surface area contributed by atoms with Gasteiger partial charge in [-0.05, 0) is 30.9 Å². The topological polar surface area (TPSA) is 65.1 Å². The number of hydrogen-bond donors (Lipinski definition) is 1. The normalized spacial score (nSPS) is 24.3. The molecule has 0 aliphatic carbocycles. The number of likely N-dealkylation sites (tertiary alicyclic amines) is 2. The van der Waals surface area contributed by atoms with Gasteiger partial charge in [-0.1, -0.05) is 6.07 Å². The summed E-state index contributed by atoms with van der Waals surface area (Å²) in [5.74, 6) is 0.899. The number of H-pyrrole nitrogens is 1. The molecule has 4 rings (SSSR count). The number of carbonyl (C=O) groups is 1. The van der Waals surface area contributed by atoms with E-state index < -0.39 is 0 Å². The van der Waals surface area contributed by atoms with E-state index in [1.165, 1.54) is 0 Å². The Bertz CT molecular complexity index is 687. The van der Waals surface area contributed by atoms with E-state index in [1.54, 1.807) is 6.33 Å². The third kappa shape index (κ3) is 3.74. The van der Waals surface area contributed by atoms with Crippen molar-refractivity contribution in [3.05, 3.63) is 48.3 Å². The van der Waals surface area contributed by atoms with Gasteiger partial charge in [-0.15, -0.1) is 0 Å². The summed E-state index contributed by atoms with van der Waals surface area (Å²) in [4.78, 5) is 28.7. The van der Waals surface area contributed by atoms with Gasteiger partial charge in [-0.25, -0.2) is 4.98 Å². The summed E-state index contributed by atoms with van der Waals surface area (Å²) in [6.07, 6.45) is 9.02. The number of aromatic amines is 1. The highest BCUT2D eigenvalue weighted by Crippen LogP contribution is 2.31. The van der Waals surface area contributed by atoms with Crippen LogP contribution in [0.1, 0.15) is 30.7 Å². The summed E-state index contributed by atoms with van der Waals surface area (Å²) in [5, 5.41) is 0. The second kappa shape index (κ2) is 7.35. The van der Waals surface area contributed by atoms with Crippen molar-refractivity contribution in [2.75, 3.05) is 19.6 Å². The number of hydrogen-bond acceptors (Lipinski definition) is 4. The van der Waals surface area contributed by atoms with Gasteiger partial charge in [0.15, 0.2) is 0 Å². The van der Waals surface area contributed by atoms with Crippen LogP contribution in [0.2, 0.25) is 0 Å². The quantitative estimate of drug-likeness (QED) is 0.903. The molecule has 132 valence electrons. The Kier molecular flexibility index (Phi) is 4.78. The van der Waals surface area contributed by atoms with E-state index in [9.17, 15) is 4.79 Å². The van der Waals surface area contributed by atoms with Gasteiger partial charge in [0.1, 0.15) is 0 Å². The fourth-order valence-electron chi connectivity index (χ4n) is 4.24. The zero-order valence-electron chi connectivity index (χ0n) is 14.5. The van der Waals surface area contributed by atoms with Gasteiger partial charge in [0, 0.05) is 63.2 Å². The molecular formula is C19H25N5O. The van der Waals surface area contributed by atoms with E-state index in [0.717, 1.165) is 56.8 Å². The van der Waals surface area contributed by atoms with Crippen molar-refractivity contribution in [3.63, 3.8) is 0 Å². The fourth-order valence-corrected chi connectivity index (χ4v) is 4.24. The number of pyridine rings is 1. The van der Waals surface area contributed by atoms with E-state index in [2.05, 4.69) is 30.8 Å². The molecule has 0 spiro atoms. The third-order valence-corrected chi connectivity index (χ3v) is 5.52. The summed E-state index contributed by atoms with van der Waals surface area (Å²) < 4.78 is 0. The average Bonchev–Trinajstić information content (AvgIpc) is 3.15. The van der Waals surface area contributed by atoms with E-state index >= 15 is 0 Å². The second-order valence-electron chi connectivity index (χ2n) is 7.12. The number of aromatic nitrogens is 3. The van der Waals surface area contributed by atoms with Crippen LogP contribution >= 0.6 is 0 Å². The number of nitrogens with one attached hydrogen (secondary N) is 1. The Morgan fingerprint density at radius 3 is 3.04 bits per heavy atom. The molecule has 6 nitrogen and oxygen atoms in total. The maximum Gasteiger partial charge on any atom is 0.222 e. The van der Waals surface area contributed by atoms with Crippen LogP contribution in [0.3, 0.4) is 0 Å². The first-order valence-corrected chi connectivity index (χ1v) is 9.18. The van der Waals surface area contributed by atoms with Crippen LogP contribution in [-0.4, -0.2) is 56.3 Å². The Morgan fingerprint density at radius 1 is 1.28 bits per heavy atom. The molecule has 1 N–H and O–H groups in total.